The van der Waals surface area contributed by atoms with Crippen LogP contribution in [-0.2, 0) is 0 Å². The number of carbonyl (C=O) groups is 1. The molecule has 4 rings (SSSR count). The highest BCUT2D eigenvalue weighted by atomic mass is 16.3. The van der Waals surface area contributed by atoms with E-state index < -0.39 is 0 Å². The molecule has 6 nitrogen and oxygen atoms in total. The minimum absolute atomic E-state index is 0.257. The number of furan rings is 1. The van der Waals surface area contributed by atoms with Crippen LogP contribution >= 0.6 is 0 Å². The first-order valence-corrected chi connectivity index (χ1v) is 7.69. The molecular weight excluding hydrogens is 304 g/mol. The summed E-state index contributed by atoms with van der Waals surface area (Å²) in [5.41, 5.74) is 5.23. The number of urea groups is 1. The van der Waals surface area contributed by atoms with Crippen LogP contribution in [0, 0.1) is 0 Å². The van der Waals surface area contributed by atoms with Gasteiger partial charge in [0, 0.05) is 5.39 Å². The summed E-state index contributed by atoms with van der Waals surface area (Å²) < 4.78 is 7.37. The van der Waals surface area contributed by atoms with Gasteiger partial charge in [0.1, 0.15) is 17.7 Å². The topological polar surface area (TPSA) is 72.1 Å². The molecule has 6 heteroatoms. The van der Waals surface area contributed by atoms with Crippen molar-refractivity contribution in [2.24, 2.45) is 0 Å². The molecule has 0 spiro atoms. The summed E-state index contributed by atoms with van der Waals surface area (Å²) >= 11 is 0. The second kappa shape index (κ2) is 5.73. The van der Waals surface area contributed by atoms with Gasteiger partial charge in [0.25, 0.3) is 0 Å². The van der Waals surface area contributed by atoms with Crippen molar-refractivity contribution >= 4 is 28.0 Å². The Morgan fingerprint density at radius 3 is 2.83 bits per heavy atom. The first-order valence-electron chi connectivity index (χ1n) is 7.69. The molecule has 1 unspecified atom stereocenters. The van der Waals surface area contributed by atoms with Crippen LogP contribution in [0.1, 0.15) is 18.7 Å². The van der Waals surface area contributed by atoms with Gasteiger partial charge in [-0.25, -0.2) is 19.9 Å². The van der Waals surface area contributed by atoms with Crippen molar-refractivity contribution in [3.63, 3.8) is 0 Å². The molecule has 2 N–H and O–H groups in total. The molecule has 2 amide bonds. The largest absolute Gasteiger partial charge is 0.459 e. The second-order valence-corrected chi connectivity index (χ2v) is 5.60. The zero-order valence-electron chi connectivity index (χ0n) is 13.1. The lowest BCUT2D eigenvalue weighted by molar-refractivity contribution is 0.245. The maximum Gasteiger partial charge on any atom is 0.334 e. The van der Waals surface area contributed by atoms with Gasteiger partial charge >= 0.3 is 6.03 Å². The number of nitrogens with one attached hydrogen (secondary N) is 2. The van der Waals surface area contributed by atoms with E-state index in [0.29, 0.717) is 5.76 Å². The van der Waals surface area contributed by atoms with Crippen LogP contribution in [0.2, 0.25) is 0 Å². The SMILES string of the molecule is CC(NC(=O)Nn1cnc2ccccc21)c1cc2ccccc2o1. The maximum absolute atomic E-state index is 12.2. The quantitative estimate of drug-likeness (QED) is 0.603. The van der Waals surface area contributed by atoms with E-state index in [-0.39, 0.29) is 12.1 Å². The van der Waals surface area contributed by atoms with Gasteiger partial charge in [-0.2, -0.15) is 0 Å². The number of hydrogen-bond acceptors (Lipinski definition) is 3. The number of imidazole rings is 1. The van der Waals surface area contributed by atoms with E-state index in [0.717, 1.165) is 22.0 Å². The first-order chi connectivity index (χ1) is 11.7. The maximum atomic E-state index is 12.2. The Morgan fingerprint density at radius 1 is 1.17 bits per heavy atom. The number of hydrogen-bond donors (Lipinski definition) is 2. The van der Waals surface area contributed by atoms with Crippen LogP contribution in [0.4, 0.5) is 4.79 Å². The van der Waals surface area contributed by atoms with Crippen molar-refractivity contribution in [2.75, 3.05) is 5.43 Å². The molecule has 2 heterocycles. The molecule has 0 aliphatic heterocycles. The number of benzene rings is 2. The highest BCUT2D eigenvalue weighted by Crippen LogP contribution is 2.23. The third kappa shape index (κ3) is 2.58. The fourth-order valence-corrected chi connectivity index (χ4v) is 2.67. The van der Waals surface area contributed by atoms with Gasteiger partial charge in [0.05, 0.1) is 17.1 Å². The lowest BCUT2D eigenvalue weighted by atomic mass is 10.2. The minimum Gasteiger partial charge on any atom is -0.459 e. The Bertz CT molecular complexity index is 985. The molecule has 0 radical (unpaired) electrons. The van der Waals surface area contributed by atoms with Crippen molar-refractivity contribution in [1.29, 1.82) is 0 Å². The van der Waals surface area contributed by atoms with Gasteiger partial charge < -0.3 is 9.73 Å². The molecule has 2 aromatic heterocycles. The van der Waals surface area contributed by atoms with Crippen molar-refractivity contribution in [1.82, 2.24) is 15.0 Å². The van der Waals surface area contributed by atoms with Gasteiger partial charge in [-0.1, -0.05) is 30.3 Å². The number of aromatic nitrogens is 2. The van der Waals surface area contributed by atoms with Crippen molar-refractivity contribution < 1.29 is 9.21 Å². The number of para-hydroxylation sites is 3. The summed E-state index contributed by atoms with van der Waals surface area (Å²) in [7, 11) is 0. The lowest BCUT2D eigenvalue weighted by Crippen LogP contribution is -2.35. The van der Waals surface area contributed by atoms with E-state index in [2.05, 4.69) is 15.7 Å². The monoisotopic (exact) mass is 320 g/mol. The van der Waals surface area contributed by atoms with Gasteiger partial charge in [-0.15, -0.1) is 0 Å². The summed E-state index contributed by atoms with van der Waals surface area (Å²) in [6, 6.07) is 16.7. The molecular formula is C18H16N4O2. The van der Waals surface area contributed by atoms with Crippen molar-refractivity contribution in [3.05, 3.63) is 66.7 Å². The number of fused-ring (bicyclic) bond motifs is 2. The summed E-state index contributed by atoms with van der Waals surface area (Å²) in [6.07, 6.45) is 1.58. The van der Waals surface area contributed by atoms with E-state index in [1.165, 1.54) is 0 Å². The fourth-order valence-electron chi connectivity index (χ4n) is 2.67. The minimum atomic E-state index is -0.328. The fraction of sp³-hybridized carbons (Fsp3) is 0.111. The van der Waals surface area contributed by atoms with Gasteiger partial charge in [-0.05, 0) is 31.2 Å². The van der Waals surface area contributed by atoms with Crippen molar-refractivity contribution in [2.45, 2.75) is 13.0 Å². The van der Waals surface area contributed by atoms with Crippen LogP contribution in [-0.4, -0.2) is 15.7 Å². The molecule has 0 saturated carbocycles. The van der Waals surface area contributed by atoms with Crippen molar-refractivity contribution in [3.8, 4) is 0 Å². The third-order valence-corrected chi connectivity index (χ3v) is 3.89. The molecule has 1 atom stereocenters. The van der Waals surface area contributed by atoms with E-state index in [4.69, 9.17) is 4.42 Å². The molecule has 24 heavy (non-hydrogen) atoms. The molecule has 120 valence electrons. The molecule has 0 bridgehead atoms. The summed E-state index contributed by atoms with van der Waals surface area (Å²) in [5.74, 6) is 0.710. The highest BCUT2D eigenvalue weighted by Gasteiger charge is 2.14. The summed E-state index contributed by atoms with van der Waals surface area (Å²) in [4.78, 5) is 16.5. The number of amides is 2. The lowest BCUT2D eigenvalue weighted by Gasteiger charge is -2.13. The molecule has 4 aromatic rings. The second-order valence-electron chi connectivity index (χ2n) is 5.60. The van der Waals surface area contributed by atoms with Crippen LogP contribution in [0.15, 0.2) is 65.3 Å². The smallest absolute Gasteiger partial charge is 0.334 e. The van der Waals surface area contributed by atoms with Crippen LogP contribution < -0.4 is 10.7 Å². The molecule has 2 aromatic carbocycles. The van der Waals surface area contributed by atoms with Crippen LogP contribution in [0.5, 0.6) is 0 Å². The van der Waals surface area contributed by atoms with Gasteiger partial charge in [-0.3, -0.25) is 0 Å². The predicted molar refractivity (Wildman–Crippen MR) is 92.3 cm³/mol. The Hall–Kier alpha value is -3.28. The third-order valence-electron chi connectivity index (χ3n) is 3.89. The zero-order valence-corrected chi connectivity index (χ0v) is 13.1. The summed E-state index contributed by atoms with van der Waals surface area (Å²) in [5, 5.41) is 3.88. The number of rotatable bonds is 3. The van der Waals surface area contributed by atoms with Crippen LogP contribution in [0.25, 0.3) is 22.0 Å². The van der Waals surface area contributed by atoms with E-state index in [1.807, 2.05) is 61.5 Å². The normalized spacial score (nSPS) is 12.4. The number of nitrogens with zero attached hydrogens (tertiary/aromatic N) is 2. The van der Waals surface area contributed by atoms with E-state index >= 15 is 0 Å². The Balaban J connectivity index is 1.49. The van der Waals surface area contributed by atoms with Crippen LogP contribution in [0.3, 0.4) is 0 Å². The Labute approximate surface area is 138 Å². The van der Waals surface area contributed by atoms with Gasteiger partial charge in [0.2, 0.25) is 0 Å². The van der Waals surface area contributed by atoms with E-state index in [1.54, 1.807) is 11.0 Å². The Kier molecular flexibility index (Phi) is 3.42. The highest BCUT2D eigenvalue weighted by molar-refractivity contribution is 5.85. The molecule has 0 aliphatic rings. The molecule has 0 aliphatic carbocycles. The standard InChI is InChI=1S/C18H16N4O2/c1-12(17-10-13-6-2-5-9-16(13)24-17)20-18(23)21-22-11-19-14-7-3-4-8-15(14)22/h2-12H,1H3,(H2,20,21,23). The number of carbonyl (C=O) groups excluding carboxylic acids is 1. The molecule has 0 saturated heterocycles. The van der Waals surface area contributed by atoms with Gasteiger partial charge in [0.15, 0.2) is 0 Å². The predicted octanol–water partition coefficient (Wildman–Crippen LogP) is 3.80. The molecule has 0 fully saturated rings. The average molecular weight is 320 g/mol. The van der Waals surface area contributed by atoms with E-state index in [9.17, 15) is 4.79 Å². The zero-order chi connectivity index (χ0) is 16.5. The summed E-state index contributed by atoms with van der Waals surface area (Å²) in [6.45, 7) is 1.88. The Morgan fingerprint density at radius 2 is 1.96 bits per heavy atom. The first kappa shape index (κ1) is 14.3. The average Bonchev–Trinajstić information content (AvgIpc) is 3.19.